The molecule has 0 aliphatic rings. The lowest BCUT2D eigenvalue weighted by molar-refractivity contribution is -0.161. The summed E-state index contributed by atoms with van der Waals surface area (Å²) in [6.07, 6.45) is 47.3. The van der Waals surface area contributed by atoms with Crippen LogP contribution in [0.25, 0.3) is 0 Å². The molecule has 0 saturated carbocycles. The van der Waals surface area contributed by atoms with Crippen LogP contribution in [0.4, 0.5) is 0 Å². The van der Waals surface area contributed by atoms with Crippen molar-refractivity contribution in [2.75, 3.05) is 19.8 Å². The van der Waals surface area contributed by atoms with E-state index in [0.717, 1.165) is 83.5 Å². The number of phosphoric ester groups is 1. The zero-order valence-electron chi connectivity index (χ0n) is 34.9. The first kappa shape index (κ1) is 52.0. The van der Waals surface area contributed by atoms with Crippen molar-refractivity contribution >= 4 is 19.8 Å². The van der Waals surface area contributed by atoms with Crippen molar-refractivity contribution in [2.24, 2.45) is 0 Å². The van der Waals surface area contributed by atoms with Crippen molar-refractivity contribution in [1.29, 1.82) is 0 Å². The van der Waals surface area contributed by atoms with Crippen molar-refractivity contribution in [3.63, 3.8) is 0 Å². The largest absolute Gasteiger partial charge is 0.472 e. The zero-order valence-corrected chi connectivity index (χ0v) is 35.8. The Labute approximate surface area is 331 Å². The summed E-state index contributed by atoms with van der Waals surface area (Å²) in [4.78, 5) is 34.8. The number of phosphoric acid groups is 1. The van der Waals surface area contributed by atoms with Gasteiger partial charge in [0.2, 0.25) is 0 Å². The molecule has 0 heterocycles. The van der Waals surface area contributed by atoms with Crippen molar-refractivity contribution in [3.05, 3.63) is 48.6 Å². The highest BCUT2D eigenvalue weighted by Gasteiger charge is 2.25. The van der Waals surface area contributed by atoms with Gasteiger partial charge in [0.15, 0.2) is 6.10 Å². The van der Waals surface area contributed by atoms with Crippen LogP contribution in [0.15, 0.2) is 48.6 Å². The van der Waals surface area contributed by atoms with Crippen molar-refractivity contribution in [1.82, 2.24) is 0 Å². The van der Waals surface area contributed by atoms with Crippen LogP contribution in [0.2, 0.25) is 0 Å². The fourth-order valence-corrected chi connectivity index (χ4v) is 6.73. The van der Waals surface area contributed by atoms with E-state index in [1.165, 1.54) is 77.0 Å². The van der Waals surface area contributed by atoms with Gasteiger partial charge in [-0.05, 0) is 58.3 Å². The molecule has 0 aromatic heterocycles. The molecule has 0 spiro atoms. The molecule has 0 aliphatic carbocycles. The number of carbonyl (C=O) groups excluding carboxylic acids is 2. The fraction of sp³-hybridized carbons (Fsp3) is 0.778. The molecule has 0 amide bonds. The summed E-state index contributed by atoms with van der Waals surface area (Å²) in [5.74, 6) is -0.810. The molecule has 2 unspecified atom stereocenters. The maximum absolute atomic E-state index is 12.6. The predicted molar refractivity (Wildman–Crippen MR) is 225 cm³/mol. The van der Waals surface area contributed by atoms with E-state index in [9.17, 15) is 19.0 Å². The van der Waals surface area contributed by atoms with Crippen LogP contribution in [0, 0.1) is 0 Å². The van der Waals surface area contributed by atoms with Crippen LogP contribution in [0.1, 0.15) is 201 Å². The van der Waals surface area contributed by atoms with E-state index in [-0.39, 0.29) is 25.6 Å². The standard InChI is InChI=1S/C45H81O8P/c1-4-7-9-11-13-15-17-19-21-22-23-24-26-28-30-32-34-36-38-40-45(47)53-43(42-52-54(48,49)51-6-3)41-50-44(46)39-37-35-33-31-29-27-25-20-18-16-14-12-10-8-5-2/h7,9,13,15,19,21,23-24,43H,4-6,8,10-12,14,16-18,20,22,25-42H2,1-3H3,(H,48,49)/b9-7-,15-13-,21-19-,24-23-. The third kappa shape index (κ3) is 39.7. The van der Waals surface area contributed by atoms with Crippen molar-refractivity contribution in [2.45, 2.75) is 207 Å². The molecule has 0 rings (SSSR count). The molecule has 314 valence electrons. The number of carbonyl (C=O) groups is 2. The van der Waals surface area contributed by atoms with E-state index in [2.05, 4.69) is 62.5 Å². The number of rotatable bonds is 40. The molecule has 0 aromatic carbocycles. The highest BCUT2D eigenvalue weighted by atomic mass is 31.2. The summed E-state index contributed by atoms with van der Waals surface area (Å²) in [7, 11) is -4.28. The van der Waals surface area contributed by atoms with Gasteiger partial charge in [-0.1, -0.05) is 178 Å². The van der Waals surface area contributed by atoms with Crippen molar-refractivity contribution in [3.8, 4) is 0 Å². The van der Waals surface area contributed by atoms with Gasteiger partial charge in [-0.25, -0.2) is 4.57 Å². The normalized spacial score (nSPS) is 13.8. The number of hydrogen-bond donors (Lipinski definition) is 1. The van der Waals surface area contributed by atoms with Crippen LogP contribution in [-0.4, -0.2) is 42.8 Å². The third-order valence-electron chi connectivity index (χ3n) is 9.15. The zero-order chi connectivity index (χ0) is 39.6. The minimum absolute atomic E-state index is 0.00307. The lowest BCUT2D eigenvalue weighted by Gasteiger charge is -2.19. The third-order valence-corrected chi connectivity index (χ3v) is 10.2. The number of ether oxygens (including phenoxy) is 2. The van der Waals surface area contributed by atoms with Gasteiger partial charge in [-0.2, -0.15) is 0 Å². The lowest BCUT2D eigenvalue weighted by Crippen LogP contribution is -2.29. The predicted octanol–water partition coefficient (Wildman–Crippen LogP) is 13.8. The smallest absolute Gasteiger partial charge is 0.462 e. The molecule has 8 nitrogen and oxygen atoms in total. The van der Waals surface area contributed by atoms with Gasteiger partial charge in [0.1, 0.15) is 6.61 Å². The molecule has 2 atom stereocenters. The lowest BCUT2D eigenvalue weighted by atomic mass is 10.0. The first-order chi connectivity index (χ1) is 26.3. The van der Waals surface area contributed by atoms with E-state index in [1.807, 2.05) is 0 Å². The molecule has 0 radical (unpaired) electrons. The van der Waals surface area contributed by atoms with E-state index >= 15 is 0 Å². The molecular weight excluding hydrogens is 699 g/mol. The van der Waals surface area contributed by atoms with Gasteiger partial charge >= 0.3 is 19.8 Å². The first-order valence-electron chi connectivity index (χ1n) is 21.9. The number of esters is 2. The monoisotopic (exact) mass is 781 g/mol. The van der Waals surface area contributed by atoms with Crippen LogP contribution >= 0.6 is 7.82 Å². The summed E-state index contributed by atoms with van der Waals surface area (Å²) in [6, 6.07) is 0. The number of hydrogen-bond acceptors (Lipinski definition) is 7. The molecule has 0 aliphatic heterocycles. The molecule has 0 fully saturated rings. The topological polar surface area (TPSA) is 108 Å². The molecular formula is C45H81O8P. The fourth-order valence-electron chi connectivity index (χ4n) is 5.97. The number of unbranched alkanes of at least 4 members (excludes halogenated alkanes) is 20. The molecule has 0 aromatic rings. The van der Waals surface area contributed by atoms with Gasteiger partial charge in [-0.3, -0.25) is 18.6 Å². The molecule has 0 saturated heterocycles. The van der Waals surface area contributed by atoms with Crippen LogP contribution < -0.4 is 0 Å². The highest BCUT2D eigenvalue weighted by Crippen LogP contribution is 2.43. The van der Waals surface area contributed by atoms with Gasteiger partial charge < -0.3 is 14.4 Å². The molecule has 9 heteroatoms. The Morgan fingerprint density at radius 1 is 0.519 bits per heavy atom. The SMILES string of the molecule is CC/C=C\C/C=C\C/C=C\C/C=C\CCCCCCCCC(=O)OC(COC(=O)CCCCCCCCCCCCCCCCC)COP(=O)(O)OCC. The summed E-state index contributed by atoms with van der Waals surface area (Å²) in [5, 5.41) is 0. The highest BCUT2D eigenvalue weighted by molar-refractivity contribution is 7.47. The summed E-state index contributed by atoms with van der Waals surface area (Å²) >= 11 is 0. The average molecular weight is 781 g/mol. The van der Waals surface area contributed by atoms with E-state index in [4.69, 9.17) is 18.5 Å². The van der Waals surface area contributed by atoms with Crippen molar-refractivity contribution < 1.29 is 37.6 Å². The second-order valence-corrected chi connectivity index (χ2v) is 15.8. The quantitative estimate of drug-likeness (QED) is 0.0283. The Morgan fingerprint density at radius 2 is 0.944 bits per heavy atom. The van der Waals surface area contributed by atoms with Gasteiger partial charge in [0.25, 0.3) is 0 Å². The van der Waals surface area contributed by atoms with E-state index in [0.29, 0.717) is 12.8 Å². The number of allylic oxidation sites excluding steroid dienone is 8. The summed E-state index contributed by atoms with van der Waals surface area (Å²) < 4.78 is 32.7. The summed E-state index contributed by atoms with van der Waals surface area (Å²) in [6.45, 7) is 5.36. The maximum Gasteiger partial charge on any atom is 0.472 e. The van der Waals surface area contributed by atoms with Gasteiger partial charge in [0, 0.05) is 12.8 Å². The second kappa shape index (κ2) is 40.7. The molecule has 1 N–H and O–H groups in total. The Balaban J connectivity index is 4.10. The summed E-state index contributed by atoms with van der Waals surface area (Å²) in [5.41, 5.74) is 0. The molecule has 0 bridgehead atoms. The first-order valence-corrected chi connectivity index (χ1v) is 23.4. The van der Waals surface area contributed by atoms with Gasteiger partial charge in [-0.15, -0.1) is 0 Å². The minimum atomic E-state index is -4.28. The Bertz CT molecular complexity index is 1020. The maximum atomic E-state index is 12.6. The van der Waals surface area contributed by atoms with Crippen LogP contribution in [-0.2, 0) is 32.7 Å². The van der Waals surface area contributed by atoms with Crippen LogP contribution in [0.3, 0.4) is 0 Å². The Kier molecular flexibility index (Phi) is 39.2. The minimum Gasteiger partial charge on any atom is -0.462 e. The second-order valence-electron chi connectivity index (χ2n) is 14.3. The van der Waals surface area contributed by atoms with Gasteiger partial charge in [0.05, 0.1) is 13.2 Å². The Hall–Kier alpha value is -1.99. The molecule has 54 heavy (non-hydrogen) atoms. The average Bonchev–Trinajstić information content (AvgIpc) is 3.15. The van der Waals surface area contributed by atoms with Crippen LogP contribution in [0.5, 0.6) is 0 Å². The van der Waals surface area contributed by atoms with E-state index in [1.54, 1.807) is 6.92 Å². The van der Waals surface area contributed by atoms with E-state index < -0.39 is 26.5 Å². The Morgan fingerprint density at radius 3 is 1.43 bits per heavy atom.